The molecule has 1 N–H and O–H groups in total. The Morgan fingerprint density at radius 2 is 2.10 bits per heavy atom. The summed E-state index contributed by atoms with van der Waals surface area (Å²) in [6.45, 7) is 0.891. The molecule has 0 aromatic carbocycles. The van der Waals surface area contributed by atoms with Crippen LogP contribution in [0.4, 0.5) is 23.4 Å². The van der Waals surface area contributed by atoms with Gasteiger partial charge in [0.2, 0.25) is 0 Å². The Hall–Kier alpha value is -1.44. The minimum Gasteiger partial charge on any atom is -0.370 e. The first-order valence-electron chi connectivity index (χ1n) is 6.78. The fourth-order valence-corrected chi connectivity index (χ4v) is 1.78. The normalized spacial score (nSPS) is 15.5. The van der Waals surface area contributed by atoms with E-state index in [4.69, 9.17) is 0 Å². The standard InChI is InChI=1S/C13H17F4N3O/c1-2-18-10-5-9(8-3-4-8)19-11(20-10)6-21-7-13(16,17)12(14)15/h5,8,12H,2-4,6-7H2,1H3,(H,18,19,20). The second kappa shape index (κ2) is 6.55. The molecule has 0 spiro atoms. The molecule has 1 saturated carbocycles. The monoisotopic (exact) mass is 307 g/mol. The van der Waals surface area contributed by atoms with E-state index in [1.54, 1.807) is 0 Å². The van der Waals surface area contributed by atoms with Gasteiger partial charge in [0.15, 0.2) is 5.82 Å². The van der Waals surface area contributed by atoms with Crippen molar-refractivity contribution in [1.82, 2.24) is 9.97 Å². The number of aromatic nitrogens is 2. The van der Waals surface area contributed by atoms with Crippen molar-refractivity contribution in [3.8, 4) is 0 Å². The molecule has 4 nitrogen and oxygen atoms in total. The minimum absolute atomic E-state index is 0.223. The van der Waals surface area contributed by atoms with Crippen LogP contribution in [-0.4, -0.2) is 35.5 Å². The largest absolute Gasteiger partial charge is 0.370 e. The summed E-state index contributed by atoms with van der Waals surface area (Å²) < 4.78 is 54.1. The second-order valence-corrected chi connectivity index (χ2v) is 4.95. The Morgan fingerprint density at radius 1 is 1.38 bits per heavy atom. The van der Waals surface area contributed by atoms with E-state index in [0.29, 0.717) is 18.3 Å². The maximum Gasteiger partial charge on any atom is 0.330 e. The lowest BCUT2D eigenvalue weighted by Crippen LogP contribution is -2.32. The molecule has 1 heterocycles. The Kier molecular flexibility index (Phi) is 4.97. The third-order valence-electron chi connectivity index (χ3n) is 2.99. The van der Waals surface area contributed by atoms with E-state index in [2.05, 4.69) is 20.0 Å². The number of nitrogens with one attached hydrogen (secondary N) is 1. The van der Waals surface area contributed by atoms with E-state index >= 15 is 0 Å². The highest BCUT2D eigenvalue weighted by Gasteiger charge is 2.41. The molecule has 0 bridgehead atoms. The SMILES string of the molecule is CCNc1cc(C2CC2)nc(COCC(F)(F)C(F)F)n1. The van der Waals surface area contributed by atoms with Gasteiger partial charge in [0.05, 0.1) is 0 Å². The Labute approximate surface area is 119 Å². The zero-order chi connectivity index (χ0) is 15.5. The van der Waals surface area contributed by atoms with E-state index in [9.17, 15) is 17.6 Å². The smallest absolute Gasteiger partial charge is 0.330 e. The van der Waals surface area contributed by atoms with Gasteiger partial charge in [0, 0.05) is 24.2 Å². The molecule has 0 unspecified atom stereocenters. The van der Waals surface area contributed by atoms with Gasteiger partial charge in [-0.2, -0.15) is 8.78 Å². The summed E-state index contributed by atoms with van der Waals surface area (Å²) in [5, 5.41) is 3.02. The molecule has 1 aliphatic carbocycles. The Bertz CT molecular complexity index is 480. The Morgan fingerprint density at radius 3 is 2.67 bits per heavy atom. The van der Waals surface area contributed by atoms with Crippen LogP contribution in [0.15, 0.2) is 6.07 Å². The molecule has 8 heteroatoms. The van der Waals surface area contributed by atoms with E-state index in [1.165, 1.54) is 0 Å². The van der Waals surface area contributed by atoms with Crippen molar-refractivity contribution in [2.24, 2.45) is 0 Å². The number of ether oxygens (including phenoxy) is 1. The molecule has 0 saturated heterocycles. The van der Waals surface area contributed by atoms with Crippen LogP contribution in [-0.2, 0) is 11.3 Å². The summed E-state index contributed by atoms with van der Waals surface area (Å²) in [7, 11) is 0. The third kappa shape index (κ3) is 4.52. The third-order valence-corrected chi connectivity index (χ3v) is 2.99. The maximum absolute atomic E-state index is 12.7. The molecule has 0 aliphatic heterocycles. The van der Waals surface area contributed by atoms with Crippen molar-refractivity contribution in [2.75, 3.05) is 18.5 Å². The van der Waals surface area contributed by atoms with Crippen molar-refractivity contribution in [1.29, 1.82) is 0 Å². The van der Waals surface area contributed by atoms with Gasteiger partial charge in [-0.3, -0.25) is 0 Å². The van der Waals surface area contributed by atoms with Gasteiger partial charge in [0.1, 0.15) is 19.0 Å². The highest BCUT2D eigenvalue weighted by atomic mass is 19.3. The number of nitrogens with zero attached hydrogens (tertiary/aromatic N) is 2. The van der Waals surface area contributed by atoms with Crippen molar-refractivity contribution < 1.29 is 22.3 Å². The number of halogens is 4. The first-order chi connectivity index (χ1) is 9.92. The average molecular weight is 307 g/mol. The summed E-state index contributed by atoms with van der Waals surface area (Å²) in [4.78, 5) is 8.35. The first kappa shape index (κ1) is 15.9. The van der Waals surface area contributed by atoms with Crippen LogP contribution in [0, 0.1) is 0 Å². The number of rotatable bonds is 8. The number of hydrogen-bond acceptors (Lipinski definition) is 4. The van der Waals surface area contributed by atoms with Crippen molar-refractivity contribution in [3.05, 3.63) is 17.6 Å². The lowest BCUT2D eigenvalue weighted by molar-refractivity contribution is -0.168. The summed E-state index contributed by atoms with van der Waals surface area (Å²) in [5.41, 5.74) is 0.833. The predicted octanol–water partition coefficient (Wildman–Crippen LogP) is 3.20. The number of alkyl halides is 4. The van der Waals surface area contributed by atoms with Gasteiger partial charge >= 0.3 is 12.3 Å². The topological polar surface area (TPSA) is 47.0 Å². The van der Waals surface area contributed by atoms with E-state index in [-0.39, 0.29) is 12.4 Å². The van der Waals surface area contributed by atoms with Gasteiger partial charge in [-0.1, -0.05) is 0 Å². The van der Waals surface area contributed by atoms with Crippen LogP contribution in [0.3, 0.4) is 0 Å². The zero-order valence-corrected chi connectivity index (χ0v) is 11.6. The van der Waals surface area contributed by atoms with Gasteiger partial charge in [-0.25, -0.2) is 18.7 Å². The van der Waals surface area contributed by atoms with Gasteiger partial charge in [-0.05, 0) is 19.8 Å². The molecular weight excluding hydrogens is 290 g/mol. The lowest BCUT2D eigenvalue weighted by Gasteiger charge is -2.15. The summed E-state index contributed by atoms with van der Waals surface area (Å²) in [6.07, 6.45) is -1.67. The molecule has 1 aliphatic rings. The quantitative estimate of drug-likeness (QED) is 0.749. The zero-order valence-electron chi connectivity index (χ0n) is 11.6. The highest BCUT2D eigenvalue weighted by Crippen LogP contribution is 2.39. The molecule has 0 amide bonds. The molecule has 1 aromatic heterocycles. The predicted molar refractivity (Wildman–Crippen MR) is 68.8 cm³/mol. The van der Waals surface area contributed by atoms with Crippen molar-refractivity contribution in [3.63, 3.8) is 0 Å². The van der Waals surface area contributed by atoms with Crippen LogP contribution < -0.4 is 5.32 Å². The molecule has 21 heavy (non-hydrogen) atoms. The molecule has 1 fully saturated rings. The number of hydrogen-bond donors (Lipinski definition) is 1. The summed E-state index contributed by atoms with van der Waals surface area (Å²) in [5.74, 6) is -2.97. The molecule has 2 rings (SSSR count). The molecule has 0 radical (unpaired) electrons. The molecule has 118 valence electrons. The highest BCUT2D eigenvalue weighted by molar-refractivity contribution is 5.37. The molecule has 0 atom stereocenters. The van der Waals surface area contributed by atoms with Crippen LogP contribution in [0.2, 0.25) is 0 Å². The maximum atomic E-state index is 12.7. The first-order valence-corrected chi connectivity index (χ1v) is 6.78. The van der Waals surface area contributed by atoms with Crippen LogP contribution in [0.25, 0.3) is 0 Å². The fraction of sp³-hybridized carbons (Fsp3) is 0.692. The van der Waals surface area contributed by atoms with Crippen molar-refractivity contribution in [2.45, 2.75) is 44.6 Å². The van der Waals surface area contributed by atoms with Crippen LogP contribution >= 0.6 is 0 Å². The lowest BCUT2D eigenvalue weighted by atomic mass is 10.2. The average Bonchev–Trinajstić information content (AvgIpc) is 3.22. The molecular formula is C13H17F4N3O. The van der Waals surface area contributed by atoms with Gasteiger partial charge in [0.25, 0.3) is 0 Å². The summed E-state index contributed by atoms with van der Waals surface area (Å²) >= 11 is 0. The van der Waals surface area contributed by atoms with Crippen molar-refractivity contribution >= 4 is 5.82 Å². The van der Waals surface area contributed by atoms with Gasteiger partial charge < -0.3 is 10.1 Å². The van der Waals surface area contributed by atoms with E-state index in [1.807, 2.05) is 13.0 Å². The summed E-state index contributed by atoms with van der Waals surface area (Å²) in [6, 6.07) is 1.82. The van der Waals surface area contributed by atoms with E-state index in [0.717, 1.165) is 18.5 Å². The number of anilines is 1. The fourth-order valence-electron chi connectivity index (χ4n) is 1.78. The molecule has 1 aromatic rings. The van der Waals surface area contributed by atoms with Crippen LogP contribution in [0.1, 0.15) is 37.2 Å². The Balaban J connectivity index is 1.98. The minimum atomic E-state index is -4.15. The van der Waals surface area contributed by atoms with Crippen LogP contribution in [0.5, 0.6) is 0 Å². The second-order valence-electron chi connectivity index (χ2n) is 4.95. The van der Waals surface area contributed by atoms with Gasteiger partial charge in [-0.15, -0.1) is 0 Å². The van der Waals surface area contributed by atoms with E-state index < -0.39 is 19.0 Å².